The SMILES string of the molecule is O=Nc1ccccc1-c1ccc2c(c1)c1sccc1n2-c1ccccc1. The molecule has 3 nitrogen and oxygen atoms in total. The molecule has 0 spiro atoms. The van der Waals surface area contributed by atoms with Crippen LogP contribution in [0.3, 0.4) is 0 Å². The number of fused-ring (bicyclic) bond motifs is 3. The summed E-state index contributed by atoms with van der Waals surface area (Å²) < 4.78 is 3.54. The molecular formula is C22H14N2OS. The highest BCUT2D eigenvalue weighted by Crippen LogP contribution is 2.39. The molecule has 0 aliphatic rings. The van der Waals surface area contributed by atoms with Crippen molar-refractivity contribution in [2.24, 2.45) is 5.18 Å². The zero-order chi connectivity index (χ0) is 17.5. The topological polar surface area (TPSA) is 34.4 Å². The van der Waals surface area contributed by atoms with Gasteiger partial charge in [0.2, 0.25) is 0 Å². The fourth-order valence-corrected chi connectivity index (χ4v) is 4.45. The summed E-state index contributed by atoms with van der Waals surface area (Å²) >= 11 is 1.74. The molecule has 0 saturated heterocycles. The number of hydrogen-bond acceptors (Lipinski definition) is 3. The Kier molecular flexibility index (Phi) is 3.43. The standard InChI is InChI=1S/C22H14N2OS/c25-23-19-9-5-4-8-17(19)15-10-11-20-18(14-15)22-21(12-13-26-22)24(20)16-6-2-1-3-7-16/h1-14H. The van der Waals surface area contributed by atoms with Crippen LogP contribution in [0.1, 0.15) is 0 Å². The molecule has 26 heavy (non-hydrogen) atoms. The van der Waals surface area contributed by atoms with E-state index in [-0.39, 0.29) is 0 Å². The van der Waals surface area contributed by atoms with Crippen LogP contribution in [0.15, 0.2) is 89.4 Å². The summed E-state index contributed by atoms with van der Waals surface area (Å²) in [6.45, 7) is 0. The predicted molar refractivity (Wildman–Crippen MR) is 110 cm³/mol. The van der Waals surface area contributed by atoms with Crippen LogP contribution in [0.4, 0.5) is 5.69 Å². The Morgan fingerprint density at radius 3 is 2.46 bits per heavy atom. The van der Waals surface area contributed by atoms with E-state index in [1.54, 1.807) is 17.4 Å². The van der Waals surface area contributed by atoms with Gasteiger partial charge in [0.05, 0.1) is 15.7 Å². The second-order valence-electron chi connectivity index (χ2n) is 6.15. The van der Waals surface area contributed by atoms with Crippen molar-refractivity contribution in [2.75, 3.05) is 0 Å². The lowest BCUT2D eigenvalue weighted by atomic mass is 10.0. The van der Waals surface area contributed by atoms with Gasteiger partial charge in [-0.2, -0.15) is 0 Å². The quantitative estimate of drug-likeness (QED) is 0.324. The van der Waals surface area contributed by atoms with Gasteiger partial charge >= 0.3 is 0 Å². The van der Waals surface area contributed by atoms with E-state index in [1.807, 2.05) is 24.3 Å². The van der Waals surface area contributed by atoms with E-state index in [0.717, 1.165) is 16.8 Å². The van der Waals surface area contributed by atoms with Crippen LogP contribution < -0.4 is 0 Å². The summed E-state index contributed by atoms with van der Waals surface area (Å²) in [6.07, 6.45) is 0. The number of rotatable bonds is 3. The first kappa shape index (κ1) is 15.0. The van der Waals surface area contributed by atoms with Crippen molar-refractivity contribution in [2.45, 2.75) is 0 Å². The molecule has 3 aromatic carbocycles. The van der Waals surface area contributed by atoms with Crippen molar-refractivity contribution in [3.8, 4) is 16.8 Å². The van der Waals surface area contributed by atoms with Gasteiger partial charge in [-0.1, -0.05) is 42.5 Å². The molecule has 0 N–H and O–H groups in total. The maximum Gasteiger partial charge on any atom is 0.115 e. The number of nitroso groups, excluding NO2 is 1. The molecule has 0 bridgehead atoms. The highest BCUT2D eigenvalue weighted by Gasteiger charge is 2.15. The molecule has 2 heterocycles. The van der Waals surface area contributed by atoms with Gasteiger partial charge in [-0.05, 0) is 52.5 Å². The number of para-hydroxylation sites is 1. The van der Waals surface area contributed by atoms with Crippen LogP contribution in [0.5, 0.6) is 0 Å². The van der Waals surface area contributed by atoms with Crippen LogP contribution in [0.2, 0.25) is 0 Å². The molecule has 0 aliphatic carbocycles. The highest BCUT2D eigenvalue weighted by molar-refractivity contribution is 7.18. The first-order chi connectivity index (χ1) is 12.9. The van der Waals surface area contributed by atoms with Crippen LogP contribution in [0.25, 0.3) is 37.9 Å². The normalized spacial score (nSPS) is 11.2. The Balaban J connectivity index is 1.82. The second kappa shape index (κ2) is 5.93. The molecule has 5 aromatic rings. The molecule has 124 valence electrons. The molecule has 0 amide bonds. The molecule has 0 unspecified atom stereocenters. The minimum absolute atomic E-state index is 0.469. The van der Waals surface area contributed by atoms with Crippen LogP contribution in [-0.4, -0.2) is 4.57 Å². The zero-order valence-electron chi connectivity index (χ0n) is 13.8. The monoisotopic (exact) mass is 354 g/mol. The van der Waals surface area contributed by atoms with Gasteiger partial charge in [0.15, 0.2) is 0 Å². The summed E-state index contributed by atoms with van der Waals surface area (Å²) in [7, 11) is 0. The summed E-state index contributed by atoms with van der Waals surface area (Å²) in [6, 6.07) is 26.4. The van der Waals surface area contributed by atoms with E-state index >= 15 is 0 Å². The van der Waals surface area contributed by atoms with Crippen molar-refractivity contribution in [3.63, 3.8) is 0 Å². The predicted octanol–water partition coefficient (Wildman–Crippen LogP) is 6.91. The fraction of sp³-hybridized carbons (Fsp3) is 0. The van der Waals surface area contributed by atoms with E-state index in [0.29, 0.717) is 5.69 Å². The van der Waals surface area contributed by atoms with Crippen molar-refractivity contribution in [3.05, 3.63) is 89.1 Å². The largest absolute Gasteiger partial charge is 0.308 e. The van der Waals surface area contributed by atoms with Gasteiger partial charge in [-0.25, -0.2) is 0 Å². The second-order valence-corrected chi connectivity index (χ2v) is 7.06. The summed E-state index contributed by atoms with van der Waals surface area (Å²) in [4.78, 5) is 11.2. The zero-order valence-corrected chi connectivity index (χ0v) is 14.6. The average Bonchev–Trinajstić information content (AvgIpc) is 3.29. The third-order valence-corrected chi connectivity index (χ3v) is 5.63. The first-order valence-electron chi connectivity index (χ1n) is 8.36. The van der Waals surface area contributed by atoms with E-state index in [9.17, 15) is 4.91 Å². The lowest BCUT2D eigenvalue weighted by Crippen LogP contribution is -1.92. The number of nitrogens with zero attached hydrogens (tertiary/aromatic N) is 2. The van der Waals surface area contributed by atoms with E-state index in [1.165, 1.54) is 21.1 Å². The van der Waals surface area contributed by atoms with Crippen molar-refractivity contribution < 1.29 is 0 Å². The van der Waals surface area contributed by atoms with Crippen LogP contribution in [-0.2, 0) is 0 Å². The molecule has 0 atom stereocenters. The third kappa shape index (κ3) is 2.20. The average molecular weight is 354 g/mol. The third-order valence-electron chi connectivity index (χ3n) is 4.70. The van der Waals surface area contributed by atoms with E-state index in [4.69, 9.17) is 0 Å². The van der Waals surface area contributed by atoms with E-state index in [2.05, 4.69) is 63.7 Å². The molecule has 0 fully saturated rings. The van der Waals surface area contributed by atoms with Crippen molar-refractivity contribution in [1.82, 2.24) is 4.57 Å². The molecule has 2 aromatic heterocycles. The summed E-state index contributed by atoms with van der Waals surface area (Å²) in [5.41, 5.74) is 5.86. The Morgan fingerprint density at radius 1 is 0.808 bits per heavy atom. The molecule has 0 radical (unpaired) electrons. The van der Waals surface area contributed by atoms with Crippen LogP contribution in [0, 0.1) is 4.91 Å². The smallest absolute Gasteiger partial charge is 0.115 e. The molecule has 0 saturated carbocycles. The summed E-state index contributed by atoms with van der Waals surface area (Å²) in [5, 5.41) is 6.49. The highest BCUT2D eigenvalue weighted by atomic mass is 32.1. The Hall–Kier alpha value is -3.24. The Labute approximate surface area is 154 Å². The Bertz CT molecular complexity index is 1250. The van der Waals surface area contributed by atoms with Crippen molar-refractivity contribution in [1.29, 1.82) is 0 Å². The van der Waals surface area contributed by atoms with Crippen LogP contribution >= 0.6 is 11.3 Å². The van der Waals surface area contributed by atoms with Gasteiger partial charge in [0.1, 0.15) is 5.69 Å². The van der Waals surface area contributed by atoms with Crippen molar-refractivity contribution >= 4 is 38.1 Å². The van der Waals surface area contributed by atoms with Gasteiger partial charge in [0.25, 0.3) is 0 Å². The van der Waals surface area contributed by atoms with Gasteiger partial charge in [-0.3, -0.25) is 0 Å². The first-order valence-corrected chi connectivity index (χ1v) is 9.24. The minimum atomic E-state index is 0.469. The lowest BCUT2D eigenvalue weighted by Gasteiger charge is -2.08. The number of aromatic nitrogens is 1. The minimum Gasteiger partial charge on any atom is -0.308 e. The molecule has 0 aliphatic heterocycles. The van der Waals surface area contributed by atoms with Gasteiger partial charge in [0, 0.05) is 16.6 Å². The maximum atomic E-state index is 11.2. The van der Waals surface area contributed by atoms with Gasteiger partial charge < -0.3 is 4.57 Å². The molecule has 5 rings (SSSR count). The maximum absolute atomic E-state index is 11.2. The molecular weight excluding hydrogens is 340 g/mol. The van der Waals surface area contributed by atoms with E-state index < -0.39 is 0 Å². The lowest BCUT2D eigenvalue weighted by molar-refractivity contribution is 1.18. The summed E-state index contributed by atoms with van der Waals surface area (Å²) in [5.74, 6) is 0. The number of thiophene rings is 1. The van der Waals surface area contributed by atoms with Gasteiger partial charge in [-0.15, -0.1) is 16.2 Å². The number of benzene rings is 3. The fourth-order valence-electron chi connectivity index (χ4n) is 3.54. The molecule has 4 heteroatoms. The number of hydrogen-bond donors (Lipinski definition) is 0. The Morgan fingerprint density at radius 2 is 1.62 bits per heavy atom.